The van der Waals surface area contributed by atoms with E-state index in [1.165, 1.54) is 0 Å². The van der Waals surface area contributed by atoms with Gasteiger partial charge in [-0.25, -0.2) is 4.39 Å². The number of amides is 1. The lowest BCUT2D eigenvalue weighted by molar-refractivity contribution is -0.211. The van der Waals surface area contributed by atoms with E-state index in [0.717, 1.165) is 48.7 Å². The number of fused-ring (bicyclic) bond motifs is 2. The third-order valence-corrected chi connectivity index (χ3v) is 10.8. The van der Waals surface area contributed by atoms with Crippen molar-refractivity contribution in [3.8, 4) is 0 Å². The Morgan fingerprint density at radius 2 is 1.89 bits per heavy atom. The Morgan fingerprint density at radius 3 is 2.55 bits per heavy atom. The molecule has 0 spiro atoms. The minimum atomic E-state index is -4.38. The summed E-state index contributed by atoms with van der Waals surface area (Å²) in [6, 6.07) is 7.70. The molecule has 2 aromatic rings. The fourth-order valence-electron chi connectivity index (χ4n) is 8.03. The Bertz CT molecular complexity index is 1270. The molecule has 3 unspecified atom stereocenters. The van der Waals surface area contributed by atoms with Gasteiger partial charge < -0.3 is 9.42 Å². The van der Waals surface area contributed by atoms with E-state index in [-0.39, 0.29) is 36.0 Å². The van der Waals surface area contributed by atoms with Crippen LogP contribution in [0.5, 0.6) is 0 Å². The number of hydrogen-bond donors (Lipinski definition) is 0. The van der Waals surface area contributed by atoms with Crippen molar-refractivity contribution < 1.29 is 26.9 Å². The number of carbonyl (C=O) groups is 1. The molecule has 1 aromatic heterocycles. The van der Waals surface area contributed by atoms with Crippen molar-refractivity contribution in [2.75, 3.05) is 11.4 Å². The average Bonchev–Trinajstić information content (AvgIpc) is 3.51. The molecular formula is C28H30BrF4N3O2. The maximum absolute atomic E-state index is 14.3. The van der Waals surface area contributed by atoms with Crippen LogP contribution in [0.25, 0.3) is 0 Å². The summed E-state index contributed by atoms with van der Waals surface area (Å²) in [6.45, 7) is 0.561. The number of aromatic nitrogens is 2. The van der Waals surface area contributed by atoms with Crippen molar-refractivity contribution in [2.45, 2.75) is 93.3 Å². The zero-order valence-corrected chi connectivity index (χ0v) is 22.6. The smallest absolute Gasteiger partial charge is 0.338 e. The number of alkyl halides is 4. The minimum absolute atomic E-state index is 0.000311. The number of hydrogen-bond acceptors (Lipinski definition) is 4. The molecule has 6 saturated carbocycles. The Hall–Kier alpha value is -1.97. The normalized spacial score (nSPS) is 36.7. The maximum Gasteiger partial charge on any atom is 0.403 e. The summed E-state index contributed by atoms with van der Waals surface area (Å²) < 4.78 is 61.4. The van der Waals surface area contributed by atoms with Gasteiger partial charge in [0.25, 0.3) is 0 Å². The van der Waals surface area contributed by atoms with E-state index in [1.54, 1.807) is 0 Å². The molecule has 1 amide bonds. The van der Waals surface area contributed by atoms with Crippen LogP contribution in [0.3, 0.4) is 0 Å². The van der Waals surface area contributed by atoms with Gasteiger partial charge in [0, 0.05) is 22.1 Å². The number of halogens is 5. The first-order chi connectivity index (χ1) is 18.0. The molecule has 3 atom stereocenters. The molecule has 6 aliphatic rings. The first kappa shape index (κ1) is 25.0. The highest BCUT2D eigenvalue weighted by molar-refractivity contribution is 9.10. The van der Waals surface area contributed by atoms with Crippen LogP contribution in [0.2, 0.25) is 0 Å². The molecule has 38 heavy (non-hydrogen) atoms. The molecule has 6 fully saturated rings. The molecule has 0 N–H and O–H groups in total. The predicted octanol–water partition coefficient (Wildman–Crippen LogP) is 7.19. The molecule has 1 aromatic carbocycles. The molecular weight excluding hydrogens is 566 g/mol. The highest BCUT2D eigenvalue weighted by Gasteiger charge is 2.73. The number of rotatable bonds is 6. The van der Waals surface area contributed by atoms with Crippen LogP contribution in [0, 0.1) is 17.3 Å². The standard InChI is InChI=1S/C28H30BrF4N3O2/c29-19-4-1-5-20(11-19)36(23(37)25-14-26(30,15-25)16-25)13-18-6-8-24(7-2-3-17(18)12-24)21-34-22(38-35-21)27(9-10-27)28(31,32)33/h1,4-5,11,17-18H,2-3,6-10,12-16H2. The zero-order valence-electron chi connectivity index (χ0n) is 21.0. The summed E-state index contributed by atoms with van der Waals surface area (Å²) in [6.07, 6.45) is 1.73. The highest BCUT2D eigenvalue weighted by Crippen LogP contribution is 2.70. The van der Waals surface area contributed by atoms with Crippen LogP contribution in [-0.2, 0) is 15.6 Å². The van der Waals surface area contributed by atoms with Gasteiger partial charge in [0.15, 0.2) is 5.82 Å². The van der Waals surface area contributed by atoms with Crippen molar-refractivity contribution >= 4 is 27.5 Å². The monoisotopic (exact) mass is 595 g/mol. The van der Waals surface area contributed by atoms with Gasteiger partial charge >= 0.3 is 6.18 Å². The van der Waals surface area contributed by atoms with E-state index in [9.17, 15) is 22.4 Å². The molecule has 0 aliphatic heterocycles. The van der Waals surface area contributed by atoms with Gasteiger partial charge in [-0.15, -0.1) is 0 Å². The topological polar surface area (TPSA) is 59.2 Å². The molecule has 0 saturated heterocycles. The first-order valence-electron chi connectivity index (χ1n) is 13.6. The lowest BCUT2D eigenvalue weighted by Crippen LogP contribution is -2.70. The van der Waals surface area contributed by atoms with Crippen molar-refractivity contribution in [2.24, 2.45) is 17.3 Å². The lowest BCUT2D eigenvalue weighted by atomic mass is 9.42. The van der Waals surface area contributed by atoms with Gasteiger partial charge in [-0.2, -0.15) is 18.2 Å². The number of carbonyl (C=O) groups excluding carboxylic acids is 1. The Labute approximate surface area is 226 Å². The van der Waals surface area contributed by atoms with Crippen LogP contribution in [0.15, 0.2) is 33.3 Å². The second-order valence-corrected chi connectivity index (χ2v) is 13.7. The van der Waals surface area contributed by atoms with E-state index in [1.807, 2.05) is 29.2 Å². The first-order valence-corrected chi connectivity index (χ1v) is 14.4. The highest BCUT2D eigenvalue weighted by atomic mass is 79.9. The quantitative estimate of drug-likeness (QED) is 0.332. The van der Waals surface area contributed by atoms with Crippen LogP contribution in [0.1, 0.15) is 82.3 Å². The van der Waals surface area contributed by atoms with E-state index >= 15 is 0 Å². The van der Waals surface area contributed by atoms with Crippen molar-refractivity contribution in [3.63, 3.8) is 0 Å². The SMILES string of the molecule is O=C(N(CC1CCC2(c3noc(C4(C(F)(F)F)CC4)n3)CCCC1C2)c1cccc(Br)c1)C12CC(F)(C1)C2. The van der Waals surface area contributed by atoms with Gasteiger partial charge in [0.1, 0.15) is 11.1 Å². The van der Waals surface area contributed by atoms with Crippen LogP contribution in [0.4, 0.5) is 23.2 Å². The molecule has 4 bridgehead atoms. The van der Waals surface area contributed by atoms with Crippen molar-refractivity contribution in [1.82, 2.24) is 10.1 Å². The van der Waals surface area contributed by atoms with Crippen LogP contribution >= 0.6 is 15.9 Å². The maximum atomic E-state index is 14.3. The summed E-state index contributed by atoms with van der Waals surface area (Å²) in [7, 11) is 0. The summed E-state index contributed by atoms with van der Waals surface area (Å²) in [5, 5.41) is 4.11. The third-order valence-electron chi connectivity index (χ3n) is 10.3. The fraction of sp³-hybridized carbons (Fsp3) is 0.679. The number of nitrogens with zero attached hydrogens (tertiary/aromatic N) is 3. The van der Waals surface area contributed by atoms with Crippen LogP contribution < -0.4 is 4.90 Å². The molecule has 1 heterocycles. The van der Waals surface area contributed by atoms with Crippen LogP contribution in [-0.4, -0.2) is 34.4 Å². The third kappa shape index (κ3) is 3.64. The number of benzene rings is 1. The van der Waals surface area contributed by atoms with E-state index < -0.39 is 22.7 Å². The second kappa shape index (κ2) is 8.04. The molecule has 204 valence electrons. The van der Waals surface area contributed by atoms with Crippen molar-refractivity contribution in [1.29, 1.82) is 0 Å². The summed E-state index contributed by atoms with van der Waals surface area (Å²) >= 11 is 3.52. The predicted molar refractivity (Wildman–Crippen MR) is 134 cm³/mol. The minimum Gasteiger partial charge on any atom is -0.338 e. The van der Waals surface area contributed by atoms with Gasteiger partial charge in [-0.3, -0.25) is 4.79 Å². The Balaban J connectivity index is 1.12. The molecule has 5 nitrogen and oxygen atoms in total. The second-order valence-electron chi connectivity index (χ2n) is 12.8. The van der Waals surface area contributed by atoms with Crippen molar-refractivity contribution in [3.05, 3.63) is 40.5 Å². The summed E-state index contributed by atoms with van der Waals surface area (Å²) in [5.41, 5.74) is -3.24. The molecule has 6 aliphatic carbocycles. The number of anilines is 1. The van der Waals surface area contributed by atoms with E-state index in [0.29, 0.717) is 37.5 Å². The van der Waals surface area contributed by atoms with E-state index in [2.05, 4.69) is 26.1 Å². The summed E-state index contributed by atoms with van der Waals surface area (Å²) in [4.78, 5) is 20.0. The Kier molecular flexibility index (Phi) is 5.30. The largest absolute Gasteiger partial charge is 0.403 e. The average molecular weight is 596 g/mol. The Morgan fingerprint density at radius 1 is 1.13 bits per heavy atom. The van der Waals surface area contributed by atoms with Gasteiger partial charge in [-0.1, -0.05) is 40.0 Å². The zero-order chi connectivity index (χ0) is 26.6. The molecule has 10 heteroatoms. The van der Waals surface area contributed by atoms with Gasteiger partial charge in [-0.05, 0) is 87.8 Å². The fourth-order valence-corrected chi connectivity index (χ4v) is 8.42. The van der Waals surface area contributed by atoms with Gasteiger partial charge in [0.2, 0.25) is 11.8 Å². The molecule has 8 rings (SSSR count). The van der Waals surface area contributed by atoms with E-state index in [4.69, 9.17) is 4.52 Å². The van der Waals surface area contributed by atoms with Gasteiger partial charge in [0.05, 0.1) is 5.41 Å². The molecule has 0 radical (unpaired) electrons. The lowest BCUT2D eigenvalue weighted by Gasteiger charge is -2.65. The summed E-state index contributed by atoms with van der Waals surface area (Å²) in [5.74, 6) is 0.712.